The lowest BCUT2D eigenvalue weighted by Gasteiger charge is -2.22. The molecule has 1 aliphatic heterocycles. The van der Waals surface area contributed by atoms with Crippen LogP contribution < -0.4 is 10.6 Å². The second kappa shape index (κ2) is 6.31. The Balaban J connectivity index is 1.69. The van der Waals surface area contributed by atoms with Gasteiger partial charge in [-0.3, -0.25) is 0 Å². The summed E-state index contributed by atoms with van der Waals surface area (Å²) in [6.45, 7) is 6.36. The van der Waals surface area contributed by atoms with Crippen molar-refractivity contribution in [3.05, 3.63) is 64.7 Å². The predicted octanol–water partition coefficient (Wildman–Crippen LogP) is 4.20. The zero-order valence-electron chi connectivity index (χ0n) is 12.9. The van der Waals surface area contributed by atoms with Gasteiger partial charge in [-0.1, -0.05) is 48.0 Å². The third-order valence-electron chi connectivity index (χ3n) is 4.34. The highest BCUT2D eigenvalue weighted by Crippen LogP contribution is 2.26. The molecule has 0 aliphatic carbocycles. The maximum Gasteiger partial charge on any atom is 0.0418 e. The summed E-state index contributed by atoms with van der Waals surface area (Å²) < 4.78 is 0. The van der Waals surface area contributed by atoms with Crippen LogP contribution in [0.15, 0.2) is 42.5 Å². The van der Waals surface area contributed by atoms with E-state index in [0.29, 0.717) is 6.04 Å². The van der Waals surface area contributed by atoms with Crippen molar-refractivity contribution in [2.45, 2.75) is 39.3 Å². The molecule has 3 rings (SSSR count). The number of hydrogen-bond acceptors (Lipinski definition) is 2. The van der Waals surface area contributed by atoms with Crippen LogP contribution in [0.2, 0.25) is 0 Å². The van der Waals surface area contributed by atoms with Gasteiger partial charge in [-0.05, 0) is 43.4 Å². The van der Waals surface area contributed by atoms with Gasteiger partial charge in [-0.15, -0.1) is 0 Å². The maximum atomic E-state index is 3.64. The fourth-order valence-electron chi connectivity index (χ4n) is 2.96. The predicted molar refractivity (Wildman–Crippen MR) is 89.7 cm³/mol. The van der Waals surface area contributed by atoms with Gasteiger partial charge in [-0.2, -0.15) is 0 Å². The van der Waals surface area contributed by atoms with E-state index in [1.807, 2.05) is 0 Å². The molecule has 0 aromatic heterocycles. The van der Waals surface area contributed by atoms with Gasteiger partial charge in [0.25, 0.3) is 0 Å². The van der Waals surface area contributed by atoms with Crippen LogP contribution in [0.3, 0.4) is 0 Å². The molecule has 2 heteroatoms. The zero-order chi connectivity index (χ0) is 14.7. The minimum absolute atomic E-state index is 0.366. The topological polar surface area (TPSA) is 24.1 Å². The van der Waals surface area contributed by atoms with Crippen LogP contribution in [-0.2, 0) is 13.0 Å². The number of aryl methyl sites for hydroxylation is 2. The SMILES string of the molecule is Cc1ccc(C(C)NCc2cccc3c2NCCC3)cc1. The first-order chi connectivity index (χ1) is 10.2. The van der Waals surface area contributed by atoms with Crippen molar-refractivity contribution in [3.63, 3.8) is 0 Å². The zero-order valence-corrected chi connectivity index (χ0v) is 12.9. The summed E-state index contributed by atoms with van der Waals surface area (Å²) in [5.41, 5.74) is 6.85. The van der Waals surface area contributed by atoms with Crippen molar-refractivity contribution >= 4 is 5.69 Å². The average molecular weight is 280 g/mol. The highest BCUT2D eigenvalue weighted by molar-refractivity contribution is 5.59. The van der Waals surface area contributed by atoms with Gasteiger partial charge < -0.3 is 10.6 Å². The molecule has 1 heterocycles. The summed E-state index contributed by atoms with van der Waals surface area (Å²) in [5.74, 6) is 0. The highest BCUT2D eigenvalue weighted by atomic mass is 14.9. The number of hydrogen-bond donors (Lipinski definition) is 2. The fourth-order valence-corrected chi connectivity index (χ4v) is 2.96. The lowest BCUT2D eigenvalue weighted by atomic mass is 9.99. The molecule has 0 saturated heterocycles. The molecule has 2 nitrogen and oxygen atoms in total. The Hall–Kier alpha value is -1.80. The molecular weight excluding hydrogens is 256 g/mol. The molecule has 1 atom stereocenters. The minimum Gasteiger partial charge on any atom is -0.385 e. The third kappa shape index (κ3) is 3.27. The van der Waals surface area contributed by atoms with E-state index < -0.39 is 0 Å². The van der Waals surface area contributed by atoms with Crippen molar-refractivity contribution in [2.24, 2.45) is 0 Å². The van der Waals surface area contributed by atoms with Crippen molar-refractivity contribution in [3.8, 4) is 0 Å². The number of rotatable bonds is 4. The van der Waals surface area contributed by atoms with E-state index in [2.05, 4.69) is 66.9 Å². The van der Waals surface area contributed by atoms with E-state index in [4.69, 9.17) is 0 Å². The molecule has 1 aliphatic rings. The average Bonchev–Trinajstić information content (AvgIpc) is 2.53. The van der Waals surface area contributed by atoms with Gasteiger partial charge in [0.2, 0.25) is 0 Å². The second-order valence-electron chi connectivity index (χ2n) is 5.99. The molecule has 2 aromatic rings. The third-order valence-corrected chi connectivity index (χ3v) is 4.34. The molecule has 0 bridgehead atoms. The maximum absolute atomic E-state index is 3.64. The van der Waals surface area contributed by atoms with Crippen molar-refractivity contribution in [2.75, 3.05) is 11.9 Å². The first-order valence-corrected chi connectivity index (χ1v) is 7.88. The summed E-state index contributed by atoms with van der Waals surface area (Å²) in [7, 11) is 0. The fraction of sp³-hybridized carbons (Fsp3) is 0.368. The summed E-state index contributed by atoms with van der Waals surface area (Å²) in [5, 5.41) is 7.21. The normalized spacial score (nSPS) is 15.1. The molecule has 1 unspecified atom stereocenters. The number of fused-ring (bicyclic) bond motifs is 1. The standard InChI is InChI=1S/C19H24N2/c1-14-8-10-16(11-9-14)15(2)21-13-18-6-3-5-17-7-4-12-20-19(17)18/h3,5-6,8-11,15,20-21H,4,7,12-13H2,1-2H3. The van der Waals surface area contributed by atoms with Crippen LogP contribution in [0.25, 0.3) is 0 Å². The Bertz CT molecular complexity index is 601. The number of nitrogens with one attached hydrogen (secondary N) is 2. The van der Waals surface area contributed by atoms with Crippen LogP contribution >= 0.6 is 0 Å². The van der Waals surface area contributed by atoms with Crippen LogP contribution in [0, 0.1) is 6.92 Å². The molecule has 0 fully saturated rings. The minimum atomic E-state index is 0.366. The van der Waals surface area contributed by atoms with E-state index in [0.717, 1.165) is 13.1 Å². The molecule has 110 valence electrons. The summed E-state index contributed by atoms with van der Waals surface area (Å²) in [4.78, 5) is 0. The van der Waals surface area contributed by atoms with Gasteiger partial charge in [0.15, 0.2) is 0 Å². The van der Waals surface area contributed by atoms with Crippen molar-refractivity contribution in [1.82, 2.24) is 5.32 Å². The Kier molecular flexibility index (Phi) is 4.26. The van der Waals surface area contributed by atoms with E-state index >= 15 is 0 Å². The molecule has 0 spiro atoms. The van der Waals surface area contributed by atoms with Crippen LogP contribution in [0.4, 0.5) is 5.69 Å². The smallest absolute Gasteiger partial charge is 0.0418 e. The molecule has 21 heavy (non-hydrogen) atoms. The number of anilines is 1. The van der Waals surface area contributed by atoms with Crippen LogP contribution in [0.5, 0.6) is 0 Å². The van der Waals surface area contributed by atoms with E-state index in [-0.39, 0.29) is 0 Å². The monoisotopic (exact) mass is 280 g/mol. The second-order valence-corrected chi connectivity index (χ2v) is 5.99. The molecule has 0 radical (unpaired) electrons. The van der Waals surface area contributed by atoms with Crippen LogP contribution in [-0.4, -0.2) is 6.54 Å². The Morgan fingerprint density at radius 2 is 1.95 bits per heavy atom. The number of benzene rings is 2. The molecule has 0 saturated carbocycles. The van der Waals surface area contributed by atoms with Crippen LogP contribution in [0.1, 0.15) is 41.6 Å². The van der Waals surface area contributed by atoms with Crippen molar-refractivity contribution < 1.29 is 0 Å². The van der Waals surface area contributed by atoms with Gasteiger partial charge >= 0.3 is 0 Å². The molecule has 0 amide bonds. The number of para-hydroxylation sites is 1. The van der Waals surface area contributed by atoms with E-state index in [1.165, 1.54) is 40.8 Å². The van der Waals surface area contributed by atoms with Gasteiger partial charge in [0, 0.05) is 24.8 Å². The van der Waals surface area contributed by atoms with Gasteiger partial charge in [0.05, 0.1) is 0 Å². The largest absolute Gasteiger partial charge is 0.385 e. The van der Waals surface area contributed by atoms with Gasteiger partial charge in [0.1, 0.15) is 0 Å². The summed E-state index contributed by atoms with van der Waals surface area (Å²) in [6.07, 6.45) is 2.44. The summed E-state index contributed by atoms with van der Waals surface area (Å²) in [6, 6.07) is 15.8. The molecule has 2 N–H and O–H groups in total. The Labute approximate surface area is 127 Å². The van der Waals surface area contributed by atoms with Crippen molar-refractivity contribution in [1.29, 1.82) is 0 Å². The van der Waals surface area contributed by atoms with Gasteiger partial charge in [-0.25, -0.2) is 0 Å². The first-order valence-electron chi connectivity index (χ1n) is 7.88. The quantitative estimate of drug-likeness (QED) is 0.877. The Morgan fingerprint density at radius 3 is 2.76 bits per heavy atom. The highest BCUT2D eigenvalue weighted by Gasteiger charge is 2.13. The first kappa shape index (κ1) is 14.2. The summed E-state index contributed by atoms with van der Waals surface area (Å²) >= 11 is 0. The van der Waals surface area contributed by atoms with E-state index in [9.17, 15) is 0 Å². The Morgan fingerprint density at radius 1 is 1.14 bits per heavy atom. The lowest BCUT2D eigenvalue weighted by Crippen LogP contribution is -2.21. The lowest BCUT2D eigenvalue weighted by molar-refractivity contribution is 0.574. The molecular formula is C19H24N2. The molecule has 2 aromatic carbocycles. The van der Waals surface area contributed by atoms with E-state index in [1.54, 1.807) is 0 Å².